The van der Waals surface area contributed by atoms with Gasteiger partial charge in [0.1, 0.15) is 12.4 Å². The van der Waals surface area contributed by atoms with Crippen LogP contribution in [0.3, 0.4) is 0 Å². The number of alkyl halides is 3. The highest BCUT2D eigenvalue weighted by molar-refractivity contribution is 6.32. The Kier molecular flexibility index (Phi) is 8.26. The number of halogens is 5. The van der Waals surface area contributed by atoms with Crippen LogP contribution in [-0.2, 0) is 0 Å². The average molecular weight is 565 g/mol. The molecule has 0 radical (unpaired) electrons. The number of aliphatic imine (C=N–C) groups is 1. The molecule has 5 aromatic rings. The molecule has 1 aromatic heterocycles. The van der Waals surface area contributed by atoms with Crippen molar-refractivity contribution in [2.24, 2.45) is 4.99 Å². The van der Waals surface area contributed by atoms with E-state index in [0.29, 0.717) is 16.8 Å². The monoisotopic (exact) mass is 564 g/mol. The Bertz CT molecular complexity index is 1590. The zero-order valence-electron chi connectivity index (χ0n) is 20.8. The molecule has 1 heterocycles. The normalized spacial score (nSPS) is 11.8. The van der Waals surface area contributed by atoms with E-state index in [1.54, 1.807) is 12.1 Å². The quantitative estimate of drug-likeness (QED) is 0.133. The Morgan fingerprint density at radius 1 is 0.875 bits per heavy atom. The molecule has 0 saturated carbocycles. The van der Waals surface area contributed by atoms with E-state index in [-0.39, 0.29) is 27.8 Å². The molecule has 4 nitrogen and oxygen atoms in total. The van der Waals surface area contributed by atoms with Crippen LogP contribution >= 0.6 is 11.6 Å². The standard InChI is InChI=1S/C31H21ClF4N2O2/c32-23-12-7-13-24(34)29(23)40-31-27-21(14-15-37-31)16-22(17-25(27)39-26(18-33)30(35)36)38-28(19-8-3-1-4-9-19)20-10-5-2-6-11-20/h1-17,26,30H,18H2. The second kappa shape index (κ2) is 12.2. The van der Waals surface area contributed by atoms with Crippen molar-refractivity contribution in [3.63, 3.8) is 0 Å². The highest BCUT2D eigenvalue weighted by atomic mass is 35.5. The molecular weight excluding hydrogens is 544 g/mol. The van der Waals surface area contributed by atoms with E-state index in [1.165, 1.54) is 24.4 Å². The number of fused-ring (bicyclic) bond motifs is 1. The number of ether oxygens (including phenoxy) is 2. The molecule has 5 rings (SSSR count). The molecule has 0 spiro atoms. The van der Waals surface area contributed by atoms with E-state index in [4.69, 9.17) is 26.1 Å². The molecule has 0 amide bonds. The summed E-state index contributed by atoms with van der Waals surface area (Å²) in [6, 6.07) is 27.5. The van der Waals surface area contributed by atoms with Gasteiger partial charge in [-0.1, -0.05) is 78.3 Å². The average Bonchev–Trinajstić information content (AvgIpc) is 2.97. The van der Waals surface area contributed by atoms with Gasteiger partial charge in [0.25, 0.3) is 6.43 Å². The highest BCUT2D eigenvalue weighted by Gasteiger charge is 2.25. The molecule has 1 atom stereocenters. The van der Waals surface area contributed by atoms with Crippen LogP contribution in [0.15, 0.2) is 108 Å². The summed E-state index contributed by atoms with van der Waals surface area (Å²) in [6.07, 6.45) is -3.77. The Morgan fingerprint density at radius 2 is 1.55 bits per heavy atom. The van der Waals surface area contributed by atoms with Gasteiger partial charge in [-0.25, -0.2) is 27.5 Å². The fourth-order valence-corrected chi connectivity index (χ4v) is 4.28. The predicted octanol–water partition coefficient (Wildman–Crippen LogP) is 8.97. The van der Waals surface area contributed by atoms with E-state index in [2.05, 4.69) is 4.98 Å². The van der Waals surface area contributed by atoms with Crippen LogP contribution in [0.5, 0.6) is 17.4 Å². The lowest BCUT2D eigenvalue weighted by Crippen LogP contribution is -2.27. The van der Waals surface area contributed by atoms with E-state index in [9.17, 15) is 17.6 Å². The lowest BCUT2D eigenvalue weighted by molar-refractivity contribution is -0.000404. The Hall–Kier alpha value is -4.43. The minimum Gasteiger partial charge on any atom is -0.481 e. The summed E-state index contributed by atoms with van der Waals surface area (Å²) in [6.45, 7) is -1.44. The molecule has 0 aliphatic heterocycles. The summed E-state index contributed by atoms with van der Waals surface area (Å²) in [5.41, 5.74) is 2.60. The van der Waals surface area contributed by atoms with Crippen molar-refractivity contribution < 1.29 is 27.0 Å². The van der Waals surface area contributed by atoms with Crippen LogP contribution < -0.4 is 9.47 Å². The van der Waals surface area contributed by atoms with E-state index in [0.717, 1.165) is 17.2 Å². The smallest absolute Gasteiger partial charge is 0.277 e. The fourth-order valence-electron chi connectivity index (χ4n) is 4.07. The van der Waals surface area contributed by atoms with Crippen LogP contribution in [-0.4, -0.2) is 29.9 Å². The number of benzene rings is 4. The van der Waals surface area contributed by atoms with Crippen LogP contribution in [0.2, 0.25) is 5.02 Å². The van der Waals surface area contributed by atoms with Gasteiger partial charge in [-0.2, -0.15) is 0 Å². The number of para-hydroxylation sites is 1. The van der Waals surface area contributed by atoms with Crippen molar-refractivity contribution in [3.05, 3.63) is 125 Å². The molecule has 0 fully saturated rings. The molecule has 9 heteroatoms. The van der Waals surface area contributed by atoms with Crippen molar-refractivity contribution in [1.29, 1.82) is 0 Å². The number of aromatic nitrogens is 1. The molecular formula is C31H21ClF4N2O2. The Morgan fingerprint density at radius 3 is 2.15 bits per heavy atom. The van der Waals surface area contributed by atoms with Gasteiger partial charge in [-0.3, -0.25) is 0 Å². The minimum atomic E-state index is -3.11. The van der Waals surface area contributed by atoms with Gasteiger partial charge >= 0.3 is 0 Å². The molecule has 0 saturated heterocycles. The molecule has 0 bridgehead atoms. The number of pyridine rings is 1. The van der Waals surface area contributed by atoms with Crippen molar-refractivity contribution in [2.45, 2.75) is 12.5 Å². The van der Waals surface area contributed by atoms with Gasteiger partial charge < -0.3 is 9.47 Å². The molecule has 1 unspecified atom stereocenters. The zero-order chi connectivity index (χ0) is 28.1. The topological polar surface area (TPSA) is 43.7 Å². The summed E-state index contributed by atoms with van der Waals surface area (Å²) in [7, 11) is 0. The largest absolute Gasteiger partial charge is 0.481 e. The van der Waals surface area contributed by atoms with Crippen LogP contribution in [0.4, 0.5) is 23.2 Å². The first kappa shape index (κ1) is 27.1. The second-order valence-corrected chi connectivity index (χ2v) is 9.06. The van der Waals surface area contributed by atoms with Crippen LogP contribution in [0, 0.1) is 5.82 Å². The molecule has 202 valence electrons. The highest BCUT2D eigenvalue weighted by Crippen LogP contribution is 2.41. The minimum absolute atomic E-state index is 0.0212. The Labute approximate surface area is 232 Å². The number of rotatable bonds is 9. The van der Waals surface area contributed by atoms with Gasteiger partial charge in [0.05, 0.1) is 21.8 Å². The van der Waals surface area contributed by atoms with Crippen molar-refractivity contribution >= 4 is 33.8 Å². The third-order valence-corrected chi connectivity index (χ3v) is 6.24. The lowest BCUT2D eigenvalue weighted by Gasteiger charge is -2.19. The molecule has 4 aromatic carbocycles. The summed E-state index contributed by atoms with van der Waals surface area (Å²) in [5, 5.41) is 0.536. The van der Waals surface area contributed by atoms with Gasteiger partial charge in [-0.05, 0) is 29.7 Å². The van der Waals surface area contributed by atoms with Gasteiger partial charge in [0.2, 0.25) is 5.88 Å². The summed E-state index contributed by atoms with van der Waals surface area (Å²) >= 11 is 6.13. The SMILES string of the molecule is FCC(Oc1cc(N=C(c2ccccc2)c2ccccc2)cc2ccnc(Oc3c(F)cccc3Cl)c12)C(F)F. The second-order valence-electron chi connectivity index (χ2n) is 8.65. The van der Waals surface area contributed by atoms with Crippen molar-refractivity contribution in [2.75, 3.05) is 6.67 Å². The molecule has 0 N–H and O–H groups in total. The van der Waals surface area contributed by atoms with Crippen molar-refractivity contribution in [3.8, 4) is 17.4 Å². The van der Waals surface area contributed by atoms with Gasteiger partial charge in [-0.15, -0.1) is 0 Å². The maximum Gasteiger partial charge on any atom is 0.277 e. The number of hydrogen-bond donors (Lipinski definition) is 0. The number of hydrogen-bond acceptors (Lipinski definition) is 4. The number of nitrogens with zero attached hydrogens (tertiary/aromatic N) is 2. The maximum atomic E-state index is 14.5. The van der Waals surface area contributed by atoms with E-state index >= 15 is 0 Å². The van der Waals surface area contributed by atoms with Crippen molar-refractivity contribution in [1.82, 2.24) is 4.98 Å². The first-order chi connectivity index (χ1) is 19.4. The third kappa shape index (κ3) is 5.92. The summed E-state index contributed by atoms with van der Waals surface area (Å²) in [4.78, 5) is 9.01. The van der Waals surface area contributed by atoms with E-state index < -0.39 is 25.0 Å². The summed E-state index contributed by atoms with van der Waals surface area (Å²) < 4.78 is 66.4. The maximum absolute atomic E-state index is 14.5. The van der Waals surface area contributed by atoms with Gasteiger partial charge in [0.15, 0.2) is 17.7 Å². The fraction of sp³-hybridized carbons (Fsp3) is 0.0968. The Balaban J connectivity index is 1.71. The third-order valence-electron chi connectivity index (χ3n) is 5.94. The van der Waals surface area contributed by atoms with E-state index in [1.807, 2.05) is 60.7 Å². The predicted molar refractivity (Wildman–Crippen MR) is 148 cm³/mol. The molecule has 40 heavy (non-hydrogen) atoms. The zero-order valence-corrected chi connectivity index (χ0v) is 21.5. The summed E-state index contributed by atoms with van der Waals surface area (Å²) in [5.74, 6) is -1.37. The van der Waals surface area contributed by atoms with Crippen LogP contribution in [0.25, 0.3) is 10.8 Å². The first-order valence-corrected chi connectivity index (χ1v) is 12.6. The van der Waals surface area contributed by atoms with Crippen LogP contribution in [0.1, 0.15) is 11.1 Å². The van der Waals surface area contributed by atoms with Gasteiger partial charge in [0, 0.05) is 23.4 Å². The molecule has 0 aliphatic rings. The lowest BCUT2D eigenvalue weighted by atomic mass is 10.0. The molecule has 0 aliphatic carbocycles. The first-order valence-electron chi connectivity index (χ1n) is 12.2.